The number of carboxylic acid groups (broad SMARTS) is 1. The van der Waals surface area contributed by atoms with Crippen molar-refractivity contribution in [1.82, 2.24) is 4.72 Å². The molecule has 4 N–H and O–H groups in total. The number of nitro benzene ring substituents is 1. The molecule has 2 rings (SSSR count). The molecule has 8 nitrogen and oxygen atoms in total. The summed E-state index contributed by atoms with van der Waals surface area (Å²) in [5.74, 6) is -1.10. The number of carbonyl (C=O) groups is 1. The first-order valence-corrected chi connectivity index (χ1v) is 8.03. The van der Waals surface area contributed by atoms with Gasteiger partial charge in [0.25, 0.3) is 5.69 Å². The fraction of sp³-hybridized carbons (Fsp3) is 0.133. The van der Waals surface area contributed by atoms with Gasteiger partial charge in [-0.05, 0) is 35.5 Å². The van der Waals surface area contributed by atoms with Crippen molar-refractivity contribution in [3.05, 3.63) is 64.2 Å². The molecule has 130 valence electrons. The van der Waals surface area contributed by atoms with Gasteiger partial charge in [-0.3, -0.25) is 14.9 Å². The van der Waals surface area contributed by atoms with Gasteiger partial charge in [0.2, 0.25) is 0 Å². The molecule has 25 heavy (non-hydrogen) atoms. The van der Waals surface area contributed by atoms with Crippen molar-refractivity contribution in [3.63, 3.8) is 0 Å². The first kappa shape index (κ1) is 18.9. The first-order valence-electron chi connectivity index (χ1n) is 7.22. The van der Waals surface area contributed by atoms with Crippen molar-refractivity contribution in [1.29, 1.82) is 0 Å². The number of hydrogen-bond acceptors (Lipinski definition) is 7. The van der Waals surface area contributed by atoms with Crippen LogP contribution in [0.15, 0.2) is 53.4 Å². The summed E-state index contributed by atoms with van der Waals surface area (Å²) in [7, 11) is -1.59. The molecule has 0 saturated carbocycles. The van der Waals surface area contributed by atoms with Gasteiger partial charge < -0.3 is 15.2 Å². The van der Waals surface area contributed by atoms with Crippen molar-refractivity contribution in [2.45, 2.75) is 17.4 Å². The van der Waals surface area contributed by atoms with Crippen LogP contribution >= 0.6 is 11.9 Å². The monoisotopic (exact) mass is 361 g/mol. The second-order valence-corrected chi connectivity index (χ2v) is 6.03. The summed E-state index contributed by atoms with van der Waals surface area (Å²) < 4.78 is 2.73. The molecule has 0 saturated heterocycles. The Balaban J connectivity index is 2.07. The molecule has 0 aliphatic carbocycles. The van der Waals surface area contributed by atoms with Crippen LogP contribution in [0.2, 0.25) is 0 Å². The first-order chi connectivity index (χ1) is 11.9. The molecule has 0 heterocycles. The van der Waals surface area contributed by atoms with Gasteiger partial charge in [0.1, 0.15) is 10.9 Å². The van der Waals surface area contributed by atoms with Crippen molar-refractivity contribution >= 4 is 36.2 Å². The van der Waals surface area contributed by atoms with Crippen molar-refractivity contribution in [2.75, 3.05) is 0 Å². The maximum Gasteiger partial charge on any atom is 0.488 e. The Kier molecular flexibility index (Phi) is 6.54. The highest BCUT2D eigenvalue weighted by Crippen LogP contribution is 2.27. The van der Waals surface area contributed by atoms with Crippen molar-refractivity contribution < 1.29 is 24.9 Å². The molecule has 0 amide bonds. The lowest BCUT2D eigenvalue weighted by Gasteiger charge is -2.14. The summed E-state index contributed by atoms with van der Waals surface area (Å²) in [5, 5.41) is 38.4. The van der Waals surface area contributed by atoms with E-state index in [2.05, 4.69) is 4.72 Å². The van der Waals surface area contributed by atoms with E-state index in [0.717, 1.165) is 11.9 Å². The molecule has 0 radical (unpaired) electrons. The zero-order chi connectivity index (χ0) is 18.4. The van der Waals surface area contributed by atoms with E-state index in [-0.39, 0.29) is 12.1 Å². The van der Waals surface area contributed by atoms with Crippen LogP contribution in [0, 0.1) is 10.1 Å². The van der Waals surface area contributed by atoms with Gasteiger partial charge >= 0.3 is 13.1 Å². The summed E-state index contributed by atoms with van der Waals surface area (Å²) in [5.41, 5.74) is 0.871. The topological polar surface area (TPSA) is 133 Å². The molecule has 2 aromatic rings. The highest BCUT2D eigenvalue weighted by Gasteiger charge is 2.21. The smallest absolute Gasteiger partial charge is 0.480 e. The molecule has 1 atom stereocenters. The van der Waals surface area contributed by atoms with Crippen LogP contribution in [0.3, 0.4) is 0 Å². The van der Waals surface area contributed by atoms with Gasteiger partial charge in [-0.15, -0.1) is 0 Å². The number of para-hydroxylation sites is 1. The van der Waals surface area contributed by atoms with E-state index < -0.39 is 24.1 Å². The van der Waals surface area contributed by atoms with Crippen LogP contribution in [0.4, 0.5) is 5.69 Å². The van der Waals surface area contributed by atoms with Gasteiger partial charge in [0, 0.05) is 6.07 Å². The lowest BCUT2D eigenvalue weighted by atomic mass is 9.26. The number of carboxylic acids is 1. The highest BCUT2D eigenvalue weighted by molar-refractivity contribution is 7.97. The van der Waals surface area contributed by atoms with Crippen LogP contribution in [0.25, 0.3) is 0 Å². The molecule has 0 spiro atoms. The third-order valence-electron chi connectivity index (χ3n) is 3.39. The standard InChI is InChI=1S/C15H15BN2O6S/c19-15(20)12(9-10-5-7-11(8-6-10)16(21)22)17-25-14-4-2-1-3-13(14)18(23)24/h1-8,12,17,21-22H,9H2,(H,19,20)/t12-/m0/s1/i16-1. The molecule has 2 aromatic carbocycles. The van der Waals surface area contributed by atoms with Gasteiger partial charge in [0.05, 0.1) is 4.92 Å². The van der Waals surface area contributed by atoms with Crippen LogP contribution in [0.1, 0.15) is 5.56 Å². The second kappa shape index (κ2) is 8.63. The van der Waals surface area contributed by atoms with E-state index in [1.807, 2.05) is 0 Å². The zero-order valence-corrected chi connectivity index (χ0v) is 13.7. The highest BCUT2D eigenvalue weighted by atomic mass is 32.2. The number of hydrogen-bond donors (Lipinski definition) is 4. The maximum atomic E-state index is 11.4. The molecule has 10 heteroatoms. The average molecular weight is 361 g/mol. The predicted molar refractivity (Wildman–Crippen MR) is 93.5 cm³/mol. The largest absolute Gasteiger partial charge is 0.488 e. The average Bonchev–Trinajstić information content (AvgIpc) is 2.58. The van der Waals surface area contributed by atoms with E-state index >= 15 is 0 Å². The maximum absolute atomic E-state index is 11.4. The summed E-state index contributed by atoms with van der Waals surface area (Å²) in [6.07, 6.45) is 0.130. The quantitative estimate of drug-likeness (QED) is 0.232. The Labute approximate surface area is 147 Å². The fourth-order valence-corrected chi connectivity index (χ4v) is 2.92. The Hall–Kier alpha value is -2.40. The predicted octanol–water partition coefficient (Wildman–Crippen LogP) is 0.567. The Morgan fingerprint density at radius 1 is 1.20 bits per heavy atom. The SMILES string of the molecule is O=C(O)[C@H](Cc1ccc([10B](O)O)cc1)NSc1ccccc1[N+](=O)[O-]. The summed E-state index contributed by atoms with van der Waals surface area (Å²) >= 11 is 0.887. The van der Waals surface area contributed by atoms with Crippen LogP contribution in [-0.4, -0.2) is 39.2 Å². The summed E-state index contributed by atoms with van der Waals surface area (Å²) in [6.45, 7) is 0. The Morgan fingerprint density at radius 2 is 1.84 bits per heavy atom. The molecular weight excluding hydrogens is 346 g/mol. The Morgan fingerprint density at radius 3 is 2.40 bits per heavy atom. The number of rotatable bonds is 8. The van der Waals surface area contributed by atoms with E-state index in [4.69, 9.17) is 10.0 Å². The number of aliphatic carboxylic acids is 1. The van der Waals surface area contributed by atoms with E-state index in [9.17, 15) is 20.0 Å². The van der Waals surface area contributed by atoms with E-state index in [1.54, 1.807) is 18.2 Å². The van der Waals surface area contributed by atoms with E-state index in [0.29, 0.717) is 15.9 Å². The number of nitrogens with zero attached hydrogens (tertiary/aromatic N) is 1. The third kappa shape index (κ3) is 5.29. The van der Waals surface area contributed by atoms with Gasteiger partial charge in [-0.2, -0.15) is 0 Å². The third-order valence-corrected chi connectivity index (χ3v) is 4.36. The lowest BCUT2D eigenvalue weighted by Crippen LogP contribution is -2.34. The molecule has 0 aromatic heterocycles. The van der Waals surface area contributed by atoms with Gasteiger partial charge in [-0.25, -0.2) is 4.72 Å². The zero-order valence-electron chi connectivity index (χ0n) is 12.9. The van der Waals surface area contributed by atoms with Crippen LogP contribution in [-0.2, 0) is 11.2 Å². The minimum Gasteiger partial charge on any atom is -0.480 e. The van der Waals surface area contributed by atoms with Crippen molar-refractivity contribution in [2.24, 2.45) is 0 Å². The summed E-state index contributed by atoms with van der Waals surface area (Å²) in [6, 6.07) is 11.3. The Bertz CT molecular complexity index is 756. The van der Waals surface area contributed by atoms with E-state index in [1.165, 1.54) is 30.3 Å². The van der Waals surface area contributed by atoms with Gasteiger partial charge in [0.15, 0.2) is 0 Å². The minimum atomic E-state index is -1.59. The number of nitrogens with one attached hydrogen (secondary N) is 1. The molecule has 0 aliphatic heterocycles. The molecule has 0 bridgehead atoms. The minimum absolute atomic E-state index is 0.106. The van der Waals surface area contributed by atoms with Gasteiger partial charge in [-0.1, -0.05) is 36.4 Å². The van der Waals surface area contributed by atoms with Crippen molar-refractivity contribution in [3.8, 4) is 0 Å². The van der Waals surface area contributed by atoms with Crippen LogP contribution < -0.4 is 10.2 Å². The lowest BCUT2D eigenvalue weighted by molar-refractivity contribution is -0.387. The number of nitro groups is 1. The molecule has 0 fully saturated rings. The molecular formula is C15H15BN2O6S. The van der Waals surface area contributed by atoms with Crippen LogP contribution in [0.5, 0.6) is 0 Å². The second-order valence-electron chi connectivity index (χ2n) is 5.15. The molecule has 0 aliphatic rings. The summed E-state index contributed by atoms with van der Waals surface area (Å²) in [4.78, 5) is 22.2. The molecule has 0 unspecified atom stereocenters. The number of benzene rings is 2. The fourth-order valence-electron chi connectivity index (χ4n) is 2.07. The normalized spacial score (nSPS) is 11.8.